The topological polar surface area (TPSA) is 56.3 Å². The Morgan fingerprint density at radius 1 is 0.862 bits per heavy atom. The summed E-state index contributed by atoms with van der Waals surface area (Å²) in [5, 5.41) is 2.94. The van der Waals surface area contributed by atoms with Gasteiger partial charge >= 0.3 is 6.18 Å². The van der Waals surface area contributed by atoms with Crippen LogP contribution in [0.4, 0.5) is 24.8 Å². The number of hydrogen-bond donors (Lipinski definition) is 1. The summed E-state index contributed by atoms with van der Waals surface area (Å²) >= 11 is 0. The van der Waals surface area contributed by atoms with Crippen LogP contribution in [0, 0.1) is 0 Å². The Balaban J connectivity index is 1.47. The van der Waals surface area contributed by atoms with E-state index in [1.165, 1.54) is 12.8 Å². The van der Waals surface area contributed by atoms with E-state index < -0.39 is 17.6 Å². The molecule has 8 heteroatoms. The molecule has 0 spiro atoms. The highest BCUT2D eigenvalue weighted by atomic mass is 19.4. The van der Waals surface area contributed by atoms with Gasteiger partial charge < -0.3 is 14.8 Å². The first-order chi connectivity index (χ1) is 14.0. The molecular weight excluding hydrogens is 383 g/mol. The molecule has 2 saturated carbocycles. The lowest BCUT2D eigenvalue weighted by atomic mass is 10.2. The van der Waals surface area contributed by atoms with E-state index in [0.717, 1.165) is 50.5 Å². The molecule has 2 aromatic rings. The van der Waals surface area contributed by atoms with Gasteiger partial charge in [-0.2, -0.15) is 18.2 Å². The molecule has 0 bridgehead atoms. The molecule has 1 aromatic carbocycles. The summed E-state index contributed by atoms with van der Waals surface area (Å²) in [5.74, 6) is 0.430. The van der Waals surface area contributed by atoms with Crippen LogP contribution >= 0.6 is 0 Å². The van der Waals surface area contributed by atoms with E-state index in [1.807, 2.05) is 12.1 Å². The van der Waals surface area contributed by atoms with E-state index in [0.29, 0.717) is 5.69 Å². The fourth-order valence-corrected chi connectivity index (χ4v) is 3.82. The Bertz CT molecular complexity index is 815. The molecule has 2 aliphatic carbocycles. The van der Waals surface area contributed by atoms with Crippen LogP contribution in [0.25, 0.3) is 0 Å². The van der Waals surface area contributed by atoms with Gasteiger partial charge in [-0.15, -0.1) is 0 Å². The van der Waals surface area contributed by atoms with Gasteiger partial charge in [0.1, 0.15) is 17.4 Å². The quantitative estimate of drug-likeness (QED) is 0.648. The maximum Gasteiger partial charge on any atom is 0.423 e. The van der Waals surface area contributed by atoms with Gasteiger partial charge in [-0.1, -0.05) is 0 Å². The molecule has 0 atom stereocenters. The van der Waals surface area contributed by atoms with Crippen LogP contribution in [0.5, 0.6) is 11.6 Å². The van der Waals surface area contributed by atoms with Gasteiger partial charge in [0, 0.05) is 11.9 Å². The molecule has 156 valence electrons. The normalized spacial score (nSPS) is 18.2. The molecule has 4 rings (SSSR count). The lowest BCUT2D eigenvalue weighted by molar-refractivity contribution is -0.139. The van der Waals surface area contributed by atoms with Crippen LogP contribution in [0.15, 0.2) is 30.5 Å². The minimum Gasteiger partial charge on any atom is -0.490 e. The third kappa shape index (κ3) is 5.10. The second-order valence-electron chi connectivity index (χ2n) is 7.61. The highest BCUT2D eigenvalue weighted by Crippen LogP contribution is 2.37. The van der Waals surface area contributed by atoms with E-state index in [-0.39, 0.29) is 18.2 Å². The number of anilines is 2. The number of nitrogens with zero attached hydrogens (tertiary/aromatic N) is 2. The zero-order valence-electron chi connectivity index (χ0n) is 16.0. The van der Waals surface area contributed by atoms with Crippen molar-refractivity contribution in [3.8, 4) is 11.6 Å². The summed E-state index contributed by atoms with van der Waals surface area (Å²) in [6.07, 6.45) is 4.18. The van der Waals surface area contributed by atoms with Gasteiger partial charge in [-0.3, -0.25) is 0 Å². The fraction of sp³-hybridized carbons (Fsp3) is 0.524. The molecule has 1 aromatic heterocycles. The predicted octanol–water partition coefficient (Wildman–Crippen LogP) is 5.88. The fourth-order valence-electron chi connectivity index (χ4n) is 3.82. The van der Waals surface area contributed by atoms with Crippen LogP contribution in [-0.4, -0.2) is 22.2 Å². The maximum absolute atomic E-state index is 13.3. The van der Waals surface area contributed by atoms with Gasteiger partial charge in [-0.25, -0.2) is 4.98 Å². The van der Waals surface area contributed by atoms with Crippen molar-refractivity contribution in [3.05, 3.63) is 36.0 Å². The van der Waals surface area contributed by atoms with Crippen LogP contribution in [-0.2, 0) is 6.18 Å². The number of nitrogens with one attached hydrogen (secondary N) is 1. The van der Waals surface area contributed by atoms with Gasteiger partial charge in [0.25, 0.3) is 0 Å². The van der Waals surface area contributed by atoms with Crippen LogP contribution in [0.1, 0.15) is 56.9 Å². The predicted molar refractivity (Wildman–Crippen MR) is 103 cm³/mol. The van der Waals surface area contributed by atoms with Crippen LogP contribution in [0.3, 0.4) is 0 Å². The molecule has 29 heavy (non-hydrogen) atoms. The summed E-state index contributed by atoms with van der Waals surface area (Å²) < 4.78 is 51.4. The van der Waals surface area contributed by atoms with Crippen molar-refractivity contribution in [2.24, 2.45) is 0 Å². The average molecular weight is 407 g/mol. The molecule has 2 aliphatic rings. The van der Waals surface area contributed by atoms with E-state index in [2.05, 4.69) is 15.3 Å². The van der Waals surface area contributed by atoms with Crippen LogP contribution < -0.4 is 14.8 Å². The summed E-state index contributed by atoms with van der Waals surface area (Å²) in [5.41, 5.74) is -0.286. The smallest absolute Gasteiger partial charge is 0.423 e. The summed E-state index contributed by atoms with van der Waals surface area (Å²) in [7, 11) is 0. The molecule has 1 heterocycles. The van der Waals surface area contributed by atoms with Crippen LogP contribution in [0.2, 0.25) is 0 Å². The molecule has 0 aliphatic heterocycles. The van der Waals surface area contributed by atoms with E-state index in [1.54, 1.807) is 12.1 Å². The third-order valence-corrected chi connectivity index (χ3v) is 5.36. The zero-order chi connectivity index (χ0) is 20.3. The molecule has 0 saturated heterocycles. The van der Waals surface area contributed by atoms with Crippen molar-refractivity contribution in [1.82, 2.24) is 9.97 Å². The molecule has 5 nitrogen and oxygen atoms in total. The highest BCUT2D eigenvalue weighted by molar-refractivity contribution is 5.55. The SMILES string of the molecule is FC(F)(F)c1cnc(Nc2ccc(OC3CCCC3)cc2)nc1OC1CCCC1. The second kappa shape index (κ2) is 8.47. The van der Waals surface area contributed by atoms with Crippen molar-refractivity contribution in [2.75, 3.05) is 5.32 Å². The second-order valence-corrected chi connectivity index (χ2v) is 7.61. The molecule has 0 amide bonds. The van der Waals surface area contributed by atoms with E-state index in [4.69, 9.17) is 9.47 Å². The lowest BCUT2D eigenvalue weighted by Gasteiger charge is -2.17. The van der Waals surface area contributed by atoms with Crippen molar-refractivity contribution >= 4 is 11.6 Å². The maximum atomic E-state index is 13.3. The Hall–Kier alpha value is -2.51. The molecule has 0 radical (unpaired) electrons. The summed E-state index contributed by atoms with van der Waals surface area (Å²) in [6.45, 7) is 0. The average Bonchev–Trinajstić information content (AvgIpc) is 3.37. The first kappa shape index (κ1) is 19.8. The minimum absolute atomic E-state index is 0.0652. The standard InChI is InChI=1S/C21H24F3N3O2/c22-21(23,24)18-13-25-20(27-19(18)29-16-7-3-4-8-16)26-14-9-11-17(12-10-14)28-15-5-1-2-6-15/h9-13,15-16H,1-8H2,(H,25,26,27). The number of rotatable bonds is 6. The highest BCUT2D eigenvalue weighted by Gasteiger charge is 2.37. The number of ether oxygens (including phenoxy) is 2. The Kier molecular flexibility index (Phi) is 5.78. The number of hydrogen-bond acceptors (Lipinski definition) is 5. The summed E-state index contributed by atoms with van der Waals surface area (Å²) in [4.78, 5) is 7.84. The monoisotopic (exact) mass is 407 g/mol. The first-order valence-electron chi connectivity index (χ1n) is 10.1. The molecular formula is C21H24F3N3O2. The number of alkyl halides is 3. The van der Waals surface area contributed by atoms with Gasteiger partial charge in [0.2, 0.25) is 11.8 Å². The van der Waals surface area contributed by atoms with Crippen molar-refractivity contribution in [1.29, 1.82) is 0 Å². The number of halogens is 3. The van der Waals surface area contributed by atoms with E-state index >= 15 is 0 Å². The van der Waals surface area contributed by atoms with Gasteiger partial charge in [-0.05, 0) is 75.6 Å². The zero-order valence-corrected chi connectivity index (χ0v) is 16.0. The van der Waals surface area contributed by atoms with Gasteiger partial charge in [0.05, 0.1) is 6.10 Å². The lowest BCUT2D eigenvalue weighted by Crippen LogP contribution is -2.18. The van der Waals surface area contributed by atoms with Gasteiger partial charge in [0.15, 0.2) is 0 Å². The molecule has 0 unspecified atom stereocenters. The Labute approximate surface area is 167 Å². The first-order valence-corrected chi connectivity index (χ1v) is 10.1. The third-order valence-electron chi connectivity index (χ3n) is 5.36. The van der Waals surface area contributed by atoms with Crippen molar-refractivity contribution < 1.29 is 22.6 Å². The molecule has 1 N–H and O–H groups in total. The van der Waals surface area contributed by atoms with Crippen molar-refractivity contribution in [3.63, 3.8) is 0 Å². The van der Waals surface area contributed by atoms with Crippen molar-refractivity contribution in [2.45, 2.75) is 69.8 Å². The summed E-state index contributed by atoms with van der Waals surface area (Å²) in [6, 6.07) is 7.26. The minimum atomic E-state index is -4.56. The number of aromatic nitrogens is 2. The molecule has 2 fully saturated rings. The van der Waals surface area contributed by atoms with E-state index in [9.17, 15) is 13.2 Å². The Morgan fingerprint density at radius 2 is 1.45 bits per heavy atom. The Morgan fingerprint density at radius 3 is 2.03 bits per heavy atom. The number of benzene rings is 1. The largest absolute Gasteiger partial charge is 0.490 e.